The molecule has 1 amide bonds. The molecule has 0 aliphatic rings. The first kappa shape index (κ1) is 19.4. The van der Waals surface area contributed by atoms with E-state index in [1.54, 1.807) is 19.0 Å². The molecular weight excluding hydrogens is 314 g/mol. The van der Waals surface area contributed by atoms with Gasteiger partial charge >= 0.3 is 5.97 Å². The second-order valence-electron chi connectivity index (χ2n) is 5.51. The Bertz CT molecular complexity index is 612. The highest BCUT2D eigenvalue weighted by Gasteiger charge is 2.20. The third-order valence-electron chi connectivity index (χ3n) is 3.57. The van der Waals surface area contributed by atoms with Crippen molar-refractivity contribution in [1.82, 2.24) is 5.32 Å². The Morgan fingerprint density at radius 3 is 2.42 bits per heavy atom. The number of benzene rings is 1. The van der Waals surface area contributed by atoms with Crippen molar-refractivity contribution >= 4 is 23.3 Å². The predicted molar refractivity (Wildman–Crippen MR) is 90.2 cm³/mol. The lowest BCUT2D eigenvalue weighted by atomic mass is 10.1. The quantitative estimate of drug-likeness (QED) is 0.443. The first-order valence-corrected chi connectivity index (χ1v) is 7.72. The molecule has 0 heterocycles. The maximum absolute atomic E-state index is 12.0. The van der Waals surface area contributed by atoms with Crippen LogP contribution in [0.25, 0.3) is 0 Å². The van der Waals surface area contributed by atoms with Crippen LogP contribution in [0, 0.1) is 10.1 Å². The summed E-state index contributed by atoms with van der Waals surface area (Å²) in [6.07, 6.45) is 1.57. The molecule has 0 bridgehead atoms. The van der Waals surface area contributed by atoms with Gasteiger partial charge < -0.3 is 15.0 Å². The number of nitro benzene ring substituents is 1. The van der Waals surface area contributed by atoms with E-state index in [9.17, 15) is 19.7 Å². The summed E-state index contributed by atoms with van der Waals surface area (Å²) in [6.45, 7) is 3.48. The van der Waals surface area contributed by atoms with Gasteiger partial charge in [0, 0.05) is 26.2 Å². The van der Waals surface area contributed by atoms with E-state index >= 15 is 0 Å². The lowest BCUT2D eigenvalue weighted by Gasteiger charge is -2.15. The smallest absolute Gasteiger partial charge is 0.338 e. The van der Waals surface area contributed by atoms with Crippen LogP contribution in [-0.2, 0) is 9.53 Å². The number of esters is 1. The zero-order valence-corrected chi connectivity index (χ0v) is 14.4. The van der Waals surface area contributed by atoms with Crippen molar-refractivity contribution < 1.29 is 19.2 Å². The third-order valence-corrected chi connectivity index (χ3v) is 3.57. The third kappa shape index (κ3) is 5.22. The zero-order chi connectivity index (χ0) is 18.3. The highest BCUT2D eigenvalue weighted by Crippen LogP contribution is 2.27. The van der Waals surface area contributed by atoms with Crippen LogP contribution in [0.3, 0.4) is 0 Å². The van der Waals surface area contributed by atoms with E-state index in [1.807, 2.05) is 13.8 Å². The summed E-state index contributed by atoms with van der Waals surface area (Å²) < 4.78 is 4.93. The van der Waals surface area contributed by atoms with Gasteiger partial charge in [-0.3, -0.25) is 14.9 Å². The molecule has 1 aromatic carbocycles. The lowest BCUT2D eigenvalue weighted by molar-refractivity contribution is -0.384. The van der Waals surface area contributed by atoms with Crippen molar-refractivity contribution in [3.63, 3.8) is 0 Å². The Balaban J connectivity index is 2.76. The molecule has 0 radical (unpaired) electrons. The van der Waals surface area contributed by atoms with Gasteiger partial charge in [0.25, 0.3) is 11.6 Å². The second-order valence-corrected chi connectivity index (χ2v) is 5.51. The molecule has 0 aliphatic heterocycles. The summed E-state index contributed by atoms with van der Waals surface area (Å²) in [6, 6.07) is 4.09. The summed E-state index contributed by atoms with van der Waals surface area (Å²) in [7, 11) is 3.34. The van der Waals surface area contributed by atoms with E-state index in [0.717, 1.165) is 18.9 Å². The Labute approximate surface area is 140 Å². The van der Waals surface area contributed by atoms with Crippen molar-refractivity contribution in [1.29, 1.82) is 0 Å². The van der Waals surface area contributed by atoms with E-state index in [4.69, 9.17) is 4.74 Å². The Morgan fingerprint density at radius 1 is 1.29 bits per heavy atom. The molecule has 0 aromatic heterocycles. The van der Waals surface area contributed by atoms with Gasteiger partial charge in [0.2, 0.25) is 0 Å². The van der Waals surface area contributed by atoms with E-state index in [0.29, 0.717) is 5.69 Å². The number of rotatable bonds is 8. The molecule has 1 aromatic rings. The average Bonchev–Trinajstić information content (AvgIpc) is 2.56. The summed E-state index contributed by atoms with van der Waals surface area (Å²) >= 11 is 0. The maximum Gasteiger partial charge on any atom is 0.338 e. The van der Waals surface area contributed by atoms with Gasteiger partial charge in [0.05, 0.1) is 10.5 Å². The largest absolute Gasteiger partial charge is 0.452 e. The van der Waals surface area contributed by atoms with Crippen LogP contribution in [-0.4, -0.2) is 43.5 Å². The minimum Gasteiger partial charge on any atom is -0.452 e. The number of anilines is 1. The molecular formula is C16H23N3O5. The number of nitrogens with zero attached hydrogens (tertiary/aromatic N) is 2. The van der Waals surface area contributed by atoms with E-state index in [2.05, 4.69) is 5.32 Å². The first-order chi connectivity index (χ1) is 11.3. The standard InChI is InChI=1S/C16H23N3O5/c1-5-12(6-2)17-15(20)10-24-16(21)11-7-8-13(18(3)4)14(9-11)19(22)23/h7-9,12H,5-6,10H2,1-4H3,(H,17,20). The average molecular weight is 337 g/mol. The molecule has 0 saturated heterocycles. The van der Waals surface area contributed by atoms with Gasteiger partial charge in [-0.25, -0.2) is 4.79 Å². The number of hydrogen-bond acceptors (Lipinski definition) is 6. The fourth-order valence-electron chi connectivity index (χ4n) is 2.15. The highest BCUT2D eigenvalue weighted by molar-refractivity contribution is 5.93. The zero-order valence-electron chi connectivity index (χ0n) is 14.4. The second kappa shape index (κ2) is 8.85. The van der Waals surface area contributed by atoms with Crippen molar-refractivity contribution in [3.05, 3.63) is 33.9 Å². The monoisotopic (exact) mass is 337 g/mol. The van der Waals surface area contributed by atoms with Crippen LogP contribution >= 0.6 is 0 Å². The number of carbonyl (C=O) groups excluding carboxylic acids is 2. The number of ether oxygens (including phenoxy) is 1. The van der Waals surface area contributed by atoms with Crippen LogP contribution in [0.5, 0.6) is 0 Å². The Hall–Kier alpha value is -2.64. The summed E-state index contributed by atoms with van der Waals surface area (Å²) in [5.74, 6) is -1.17. The number of hydrogen-bond donors (Lipinski definition) is 1. The van der Waals surface area contributed by atoms with E-state index < -0.39 is 23.4 Å². The van der Waals surface area contributed by atoms with Crippen molar-refractivity contribution in [2.24, 2.45) is 0 Å². The van der Waals surface area contributed by atoms with Gasteiger partial charge in [0.1, 0.15) is 5.69 Å². The minimum atomic E-state index is -0.775. The topological polar surface area (TPSA) is 102 Å². The highest BCUT2D eigenvalue weighted by atomic mass is 16.6. The summed E-state index contributed by atoms with van der Waals surface area (Å²) in [5, 5.41) is 13.9. The summed E-state index contributed by atoms with van der Waals surface area (Å²) in [4.78, 5) is 35.8. The molecule has 8 nitrogen and oxygen atoms in total. The van der Waals surface area contributed by atoms with E-state index in [1.165, 1.54) is 12.1 Å². The van der Waals surface area contributed by atoms with Crippen LogP contribution < -0.4 is 10.2 Å². The number of nitrogens with one attached hydrogen (secondary N) is 1. The molecule has 0 fully saturated rings. The normalized spacial score (nSPS) is 10.4. The molecule has 0 unspecified atom stereocenters. The van der Waals surface area contributed by atoms with Gasteiger partial charge in [-0.1, -0.05) is 13.8 Å². The Morgan fingerprint density at radius 2 is 1.92 bits per heavy atom. The van der Waals surface area contributed by atoms with Crippen molar-refractivity contribution in [3.8, 4) is 0 Å². The maximum atomic E-state index is 12.0. The van der Waals surface area contributed by atoms with Gasteiger partial charge in [-0.15, -0.1) is 0 Å². The number of amides is 1. The van der Waals surface area contributed by atoms with Crippen molar-refractivity contribution in [2.45, 2.75) is 32.7 Å². The van der Waals surface area contributed by atoms with E-state index in [-0.39, 0.29) is 17.3 Å². The Kier molecular flexibility index (Phi) is 7.16. The molecule has 0 saturated carbocycles. The van der Waals surface area contributed by atoms with Crippen LogP contribution in [0.15, 0.2) is 18.2 Å². The van der Waals surface area contributed by atoms with Gasteiger partial charge in [-0.05, 0) is 25.0 Å². The molecule has 8 heteroatoms. The van der Waals surface area contributed by atoms with Gasteiger partial charge in [0.15, 0.2) is 6.61 Å². The first-order valence-electron chi connectivity index (χ1n) is 7.72. The molecule has 1 N–H and O–H groups in total. The number of nitro groups is 1. The van der Waals surface area contributed by atoms with Crippen LogP contribution in [0.4, 0.5) is 11.4 Å². The number of carbonyl (C=O) groups is 2. The van der Waals surface area contributed by atoms with Gasteiger partial charge in [-0.2, -0.15) is 0 Å². The lowest BCUT2D eigenvalue weighted by Crippen LogP contribution is -2.36. The SMILES string of the molecule is CCC(CC)NC(=O)COC(=O)c1ccc(N(C)C)c([N+](=O)[O-])c1. The van der Waals surface area contributed by atoms with Crippen molar-refractivity contribution in [2.75, 3.05) is 25.6 Å². The predicted octanol–water partition coefficient (Wildman–Crippen LogP) is 2.12. The van der Waals surface area contributed by atoms with Crippen LogP contribution in [0.2, 0.25) is 0 Å². The molecule has 0 atom stereocenters. The molecule has 132 valence electrons. The fraction of sp³-hybridized carbons (Fsp3) is 0.500. The summed E-state index contributed by atoms with van der Waals surface area (Å²) in [5.41, 5.74) is 0.210. The fourth-order valence-corrected chi connectivity index (χ4v) is 2.15. The minimum absolute atomic E-state index is 0.0302. The van der Waals surface area contributed by atoms with Crippen LogP contribution in [0.1, 0.15) is 37.0 Å². The molecule has 24 heavy (non-hydrogen) atoms. The molecule has 0 aliphatic carbocycles. The molecule has 1 rings (SSSR count). The molecule has 0 spiro atoms.